The summed E-state index contributed by atoms with van der Waals surface area (Å²) in [6.45, 7) is 0. The molecule has 120 valence electrons. The van der Waals surface area contributed by atoms with Gasteiger partial charge in [-0.3, -0.25) is 4.79 Å². The zero-order valence-electron chi connectivity index (χ0n) is 8.60. The summed E-state index contributed by atoms with van der Waals surface area (Å²) in [6, 6.07) is 0. The molecule has 0 rings (SSSR count). The highest BCUT2D eigenvalue weighted by Gasteiger charge is 2.78. The van der Waals surface area contributed by atoms with Crippen molar-refractivity contribution in [2.75, 3.05) is 0 Å². The lowest BCUT2D eigenvalue weighted by Crippen LogP contribution is -2.63. The Balaban J connectivity index is 5.78. The fourth-order valence-electron chi connectivity index (χ4n) is 0.774. The highest BCUT2D eigenvalue weighted by Crippen LogP contribution is 2.48. The van der Waals surface area contributed by atoms with Crippen LogP contribution in [0.2, 0.25) is 0 Å². The molecule has 0 radical (unpaired) electrons. The van der Waals surface area contributed by atoms with Crippen LogP contribution in [-0.4, -0.2) is 42.3 Å². The van der Waals surface area contributed by atoms with E-state index in [1.807, 2.05) is 0 Å². The number of rotatable bonds is 6. The van der Waals surface area contributed by atoms with Crippen LogP contribution in [0.4, 0.5) is 52.7 Å². The van der Waals surface area contributed by atoms with E-state index in [1.54, 1.807) is 0 Å². The average Bonchev–Trinajstić information content (AvgIpc) is 2.26. The predicted molar refractivity (Wildman–Crippen MR) is 36.8 cm³/mol. The molecular weight excluding hydrogens is 328 g/mol. The van der Waals surface area contributed by atoms with E-state index in [0.717, 1.165) is 0 Å². The van der Waals surface area contributed by atoms with Crippen molar-refractivity contribution in [3.05, 3.63) is 0 Å². The van der Waals surface area contributed by atoms with E-state index in [1.165, 1.54) is 0 Å². The number of carbonyl (C=O) groups is 1. The van der Waals surface area contributed by atoms with Gasteiger partial charge in [-0.05, 0) is 0 Å². The van der Waals surface area contributed by atoms with Crippen LogP contribution in [0.15, 0.2) is 0 Å². The molecule has 0 aliphatic rings. The Morgan fingerprint density at radius 3 is 0.950 bits per heavy atom. The summed E-state index contributed by atoms with van der Waals surface area (Å²) in [5.74, 6) is -32.2. The van der Waals surface area contributed by atoms with E-state index in [4.69, 9.17) is 0 Å². The van der Waals surface area contributed by atoms with Gasteiger partial charge in [0.25, 0.3) is 5.78 Å². The molecule has 0 aromatic carbocycles. The Morgan fingerprint density at radius 1 is 0.600 bits per heavy atom. The van der Waals surface area contributed by atoms with Gasteiger partial charge in [-0.15, -0.1) is 0 Å². The molecule has 1 nitrogen and oxygen atoms in total. The largest absolute Gasteiger partial charge is 0.379 e. The highest BCUT2D eigenvalue weighted by atomic mass is 19.4. The molecule has 0 bridgehead atoms. The number of hydrogen-bond donors (Lipinski definition) is 0. The SMILES string of the molecule is O=C(C(F)(F)C(F)(F)C(F)F)C(F)(F)C(F)(F)C(F)F. The first-order valence-electron chi connectivity index (χ1n) is 4.17. The van der Waals surface area contributed by atoms with Gasteiger partial charge >= 0.3 is 36.5 Å². The van der Waals surface area contributed by atoms with E-state index in [9.17, 15) is 57.5 Å². The van der Waals surface area contributed by atoms with Crippen molar-refractivity contribution in [2.24, 2.45) is 0 Å². The number of alkyl halides is 12. The molecule has 0 atom stereocenters. The number of halogens is 12. The number of carbonyl (C=O) groups excluding carboxylic acids is 1. The summed E-state index contributed by atoms with van der Waals surface area (Å²) >= 11 is 0. The van der Waals surface area contributed by atoms with Gasteiger partial charge in [0.2, 0.25) is 0 Å². The minimum absolute atomic E-state index is 4.74. The van der Waals surface area contributed by atoms with Crippen molar-refractivity contribution in [3.8, 4) is 0 Å². The lowest BCUT2D eigenvalue weighted by Gasteiger charge is -2.30. The zero-order chi connectivity index (χ0) is 16.7. The van der Waals surface area contributed by atoms with Gasteiger partial charge in [0, 0.05) is 0 Å². The zero-order valence-corrected chi connectivity index (χ0v) is 8.60. The minimum atomic E-state index is -6.98. The van der Waals surface area contributed by atoms with Crippen molar-refractivity contribution in [2.45, 2.75) is 36.5 Å². The van der Waals surface area contributed by atoms with Crippen LogP contribution in [0.1, 0.15) is 0 Å². The number of Topliss-reactive ketones (excluding diaryl/α,β-unsaturated/α-hetero) is 1. The Morgan fingerprint density at radius 2 is 0.800 bits per heavy atom. The second-order valence-corrected chi connectivity index (χ2v) is 3.33. The maximum atomic E-state index is 12.5. The Hall–Kier alpha value is -1.17. The van der Waals surface area contributed by atoms with Gasteiger partial charge in [-0.25, -0.2) is 17.6 Å². The van der Waals surface area contributed by atoms with Gasteiger partial charge in [-0.1, -0.05) is 0 Å². The van der Waals surface area contributed by atoms with Crippen LogP contribution in [0.25, 0.3) is 0 Å². The lowest BCUT2D eigenvalue weighted by molar-refractivity contribution is -0.290. The molecule has 0 heterocycles. The van der Waals surface area contributed by atoms with Crippen LogP contribution < -0.4 is 0 Å². The molecule has 0 aromatic rings. The topological polar surface area (TPSA) is 17.1 Å². The van der Waals surface area contributed by atoms with E-state index >= 15 is 0 Å². The van der Waals surface area contributed by atoms with Crippen LogP contribution in [0.3, 0.4) is 0 Å². The summed E-state index contributed by atoms with van der Waals surface area (Å²) in [5.41, 5.74) is 0. The molecule has 0 N–H and O–H groups in total. The van der Waals surface area contributed by atoms with E-state index in [2.05, 4.69) is 0 Å². The third-order valence-corrected chi connectivity index (χ3v) is 1.96. The van der Waals surface area contributed by atoms with Crippen molar-refractivity contribution in [1.82, 2.24) is 0 Å². The molecule has 0 aliphatic heterocycles. The Labute approximate surface area is 101 Å². The van der Waals surface area contributed by atoms with Gasteiger partial charge in [-0.2, -0.15) is 35.1 Å². The first-order chi connectivity index (χ1) is 8.54. The van der Waals surface area contributed by atoms with Gasteiger partial charge in [0.05, 0.1) is 0 Å². The molecule has 0 spiro atoms. The highest BCUT2D eigenvalue weighted by molar-refractivity contribution is 5.94. The fourth-order valence-corrected chi connectivity index (χ4v) is 0.774. The third kappa shape index (κ3) is 2.53. The van der Waals surface area contributed by atoms with E-state index in [-0.39, 0.29) is 0 Å². The molecule has 0 saturated heterocycles. The Bertz CT molecular complexity index is 338. The summed E-state index contributed by atoms with van der Waals surface area (Å²) in [4.78, 5) is 10.3. The average molecular weight is 330 g/mol. The van der Waals surface area contributed by atoms with Crippen molar-refractivity contribution < 1.29 is 57.5 Å². The predicted octanol–water partition coefficient (Wildman–Crippen LogP) is 3.63. The second-order valence-electron chi connectivity index (χ2n) is 3.33. The molecule has 0 aliphatic carbocycles. The summed E-state index contributed by atoms with van der Waals surface area (Å²) in [7, 11) is 0. The van der Waals surface area contributed by atoms with Crippen LogP contribution in [0, 0.1) is 0 Å². The first-order valence-corrected chi connectivity index (χ1v) is 4.17. The van der Waals surface area contributed by atoms with Crippen molar-refractivity contribution in [1.29, 1.82) is 0 Å². The normalized spacial score (nSPS) is 15.1. The lowest BCUT2D eigenvalue weighted by atomic mass is 9.98. The molecule has 20 heavy (non-hydrogen) atoms. The van der Waals surface area contributed by atoms with Crippen LogP contribution in [0.5, 0.6) is 0 Å². The molecule has 0 saturated carbocycles. The minimum Gasteiger partial charge on any atom is -0.286 e. The van der Waals surface area contributed by atoms with Gasteiger partial charge < -0.3 is 0 Å². The molecule has 0 unspecified atom stereocenters. The summed E-state index contributed by atoms with van der Waals surface area (Å²) in [5, 5.41) is 0. The fraction of sp³-hybridized carbons (Fsp3) is 0.857. The summed E-state index contributed by atoms with van der Waals surface area (Å²) in [6.07, 6.45) is -10.8. The second kappa shape index (κ2) is 4.98. The third-order valence-electron chi connectivity index (χ3n) is 1.96. The number of hydrogen-bond acceptors (Lipinski definition) is 1. The van der Waals surface area contributed by atoms with Crippen LogP contribution >= 0.6 is 0 Å². The van der Waals surface area contributed by atoms with Crippen LogP contribution in [-0.2, 0) is 4.79 Å². The van der Waals surface area contributed by atoms with Gasteiger partial charge in [0.15, 0.2) is 0 Å². The van der Waals surface area contributed by atoms with E-state index < -0.39 is 42.3 Å². The standard InChI is InChI=1S/C7H2F12O/c8-2(9)6(16,17)4(12,13)1(20)5(14,15)7(18,19)3(10)11/h2-3H. The molecular formula is C7H2F12O. The molecule has 0 amide bonds. The molecule has 13 heteroatoms. The summed E-state index contributed by atoms with van der Waals surface area (Å²) < 4.78 is 145. The maximum Gasteiger partial charge on any atom is 0.379 e. The smallest absolute Gasteiger partial charge is 0.286 e. The molecule has 0 fully saturated rings. The number of ketones is 1. The van der Waals surface area contributed by atoms with E-state index in [0.29, 0.717) is 0 Å². The van der Waals surface area contributed by atoms with Gasteiger partial charge in [0.1, 0.15) is 0 Å². The molecule has 0 aromatic heterocycles. The van der Waals surface area contributed by atoms with Crippen molar-refractivity contribution in [3.63, 3.8) is 0 Å². The quantitative estimate of drug-likeness (QED) is 0.680. The Kier molecular flexibility index (Phi) is 4.69. The monoisotopic (exact) mass is 330 g/mol. The van der Waals surface area contributed by atoms with Crippen molar-refractivity contribution >= 4 is 5.78 Å². The maximum absolute atomic E-state index is 12.5. The first kappa shape index (κ1) is 18.8.